The van der Waals surface area contributed by atoms with E-state index in [1.165, 1.54) is 0 Å². The molecule has 0 aromatic rings. The molecule has 4 rings (SSSR count). The minimum absolute atomic E-state index is 0.0925. The third-order valence-electron chi connectivity index (χ3n) is 5.67. The zero-order valence-corrected chi connectivity index (χ0v) is 14.2. The molecule has 22 heavy (non-hydrogen) atoms. The maximum Gasteiger partial charge on any atom is 0.370 e. The summed E-state index contributed by atoms with van der Waals surface area (Å²) in [6, 6.07) is 0. The number of alkyl halides is 2. The topological polar surface area (TPSA) is 43.4 Å². The van der Waals surface area contributed by atoms with Gasteiger partial charge < -0.3 is 0 Å². The molecule has 4 saturated carbocycles. The molecule has 4 aliphatic rings. The summed E-state index contributed by atoms with van der Waals surface area (Å²) in [5.74, 6) is 1.49. The quantitative estimate of drug-likeness (QED) is 0.683. The van der Waals surface area contributed by atoms with E-state index in [4.69, 9.17) is 0 Å². The zero-order chi connectivity index (χ0) is 16.2. The van der Waals surface area contributed by atoms with Crippen molar-refractivity contribution in [2.45, 2.75) is 64.0 Å². The molecule has 0 heterocycles. The lowest BCUT2D eigenvalue weighted by Gasteiger charge is -2.57. The lowest BCUT2D eigenvalue weighted by Crippen LogP contribution is -2.49. The molecule has 0 spiro atoms. The first-order valence-corrected chi connectivity index (χ1v) is 9.78. The lowest BCUT2D eigenvalue weighted by atomic mass is 9.49. The highest BCUT2D eigenvalue weighted by Gasteiger charge is 2.58. The fourth-order valence-corrected chi connectivity index (χ4v) is 6.45. The fourth-order valence-electron chi connectivity index (χ4n) is 5.34. The van der Waals surface area contributed by atoms with Gasteiger partial charge in [0.05, 0.1) is 6.61 Å². The van der Waals surface area contributed by atoms with Crippen LogP contribution in [0.15, 0.2) is 0 Å². The predicted octanol–water partition coefficient (Wildman–Crippen LogP) is 4.19. The van der Waals surface area contributed by atoms with Gasteiger partial charge in [-0.1, -0.05) is 13.8 Å². The number of halogens is 2. The first-order chi connectivity index (χ1) is 10.1. The molecule has 128 valence electrons. The average Bonchev–Trinajstić information content (AvgIpc) is 2.33. The highest BCUT2D eigenvalue weighted by molar-refractivity contribution is 7.87. The van der Waals surface area contributed by atoms with Crippen LogP contribution in [0.2, 0.25) is 0 Å². The summed E-state index contributed by atoms with van der Waals surface area (Å²) in [7, 11) is -4.83. The van der Waals surface area contributed by atoms with Crippen molar-refractivity contribution in [3.8, 4) is 0 Å². The Morgan fingerprint density at radius 3 is 1.95 bits per heavy atom. The molecule has 4 fully saturated rings. The summed E-state index contributed by atoms with van der Waals surface area (Å²) in [5.41, 5.74) is -0.480. The maximum atomic E-state index is 14.4. The van der Waals surface area contributed by atoms with Crippen LogP contribution in [0.1, 0.15) is 58.8 Å². The fraction of sp³-hybridized carbons (Fsp3) is 1.00. The van der Waals surface area contributed by atoms with E-state index < -0.39 is 27.2 Å². The standard InChI is InChI=1S/C16H26F2O3S/c1-11(2)9-21-22(19,20)16(17,18)10-15-6-12-3-13(7-15)5-14(4-12)8-15/h11-14H,3-10H2,1-2H3. The first-order valence-electron chi connectivity index (χ1n) is 8.38. The van der Waals surface area contributed by atoms with Gasteiger partial charge in [-0.2, -0.15) is 17.2 Å². The van der Waals surface area contributed by atoms with Gasteiger partial charge >= 0.3 is 15.4 Å². The monoisotopic (exact) mass is 336 g/mol. The molecule has 3 nitrogen and oxygen atoms in total. The van der Waals surface area contributed by atoms with Crippen LogP contribution in [-0.2, 0) is 14.3 Å². The Labute approximate surface area is 131 Å². The van der Waals surface area contributed by atoms with Gasteiger partial charge in [0, 0.05) is 6.42 Å². The van der Waals surface area contributed by atoms with Crippen molar-refractivity contribution in [3.63, 3.8) is 0 Å². The smallest absolute Gasteiger partial charge is 0.265 e. The molecule has 0 radical (unpaired) electrons. The number of hydrogen-bond acceptors (Lipinski definition) is 3. The van der Waals surface area contributed by atoms with E-state index in [0.717, 1.165) is 38.5 Å². The SMILES string of the molecule is CC(C)COS(=O)(=O)C(F)(F)CC12CC3CC(CC(C3)C1)C2. The van der Waals surface area contributed by atoms with E-state index in [2.05, 4.69) is 4.18 Å². The molecular weight excluding hydrogens is 310 g/mol. The van der Waals surface area contributed by atoms with Crippen molar-refractivity contribution >= 4 is 10.1 Å². The van der Waals surface area contributed by atoms with Gasteiger partial charge in [0.2, 0.25) is 0 Å². The molecule has 0 saturated heterocycles. The van der Waals surface area contributed by atoms with Crippen molar-refractivity contribution in [2.75, 3.05) is 6.61 Å². The normalized spacial score (nSPS) is 38.0. The Morgan fingerprint density at radius 2 is 1.55 bits per heavy atom. The molecule has 0 aromatic heterocycles. The van der Waals surface area contributed by atoms with Gasteiger partial charge in [0.1, 0.15) is 0 Å². The van der Waals surface area contributed by atoms with E-state index >= 15 is 0 Å². The molecule has 4 bridgehead atoms. The summed E-state index contributed by atoms with van der Waals surface area (Å²) in [6.45, 7) is 3.30. The van der Waals surface area contributed by atoms with Crippen LogP contribution in [0.4, 0.5) is 8.78 Å². The van der Waals surface area contributed by atoms with E-state index in [0.29, 0.717) is 17.8 Å². The molecular formula is C16H26F2O3S. The lowest BCUT2D eigenvalue weighted by molar-refractivity contribution is -0.0941. The van der Waals surface area contributed by atoms with Gasteiger partial charge in [-0.25, -0.2) is 0 Å². The average molecular weight is 336 g/mol. The Hall–Kier alpha value is -0.230. The van der Waals surface area contributed by atoms with E-state index in [1.807, 2.05) is 0 Å². The van der Waals surface area contributed by atoms with Gasteiger partial charge in [0.15, 0.2) is 0 Å². The summed E-state index contributed by atoms with van der Waals surface area (Å²) < 4.78 is 57.3. The molecule has 6 heteroatoms. The van der Waals surface area contributed by atoms with E-state index in [-0.39, 0.29) is 12.5 Å². The molecule has 0 unspecified atom stereocenters. The van der Waals surface area contributed by atoms with Crippen LogP contribution in [0.5, 0.6) is 0 Å². The van der Waals surface area contributed by atoms with E-state index in [1.54, 1.807) is 13.8 Å². The summed E-state index contributed by atoms with van der Waals surface area (Å²) in [5, 5.41) is -3.77. The highest BCUT2D eigenvalue weighted by Crippen LogP contribution is 2.63. The van der Waals surface area contributed by atoms with Crippen LogP contribution < -0.4 is 0 Å². The Bertz CT molecular complexity index is 492. The second-order valence-electron chi connectivity index (χ2n) is 8.36. The van der Waals surface area contributed by atoms with Crippen LogP contribution in [0.25, 0.3) is 0 Å². The van der Waals surface area contributed by atoms with Crippen LogP contribution in [0, 0.1) is 29.1 Å². The number of rotatable bonds is 6. The molecule has 0 aliphatic heterocycles. The molecule has 0 atom stereocenters. The summed E-state index contributed by atoms with van der Waals surface area (Å²) in [6.07, 6.45) is 5.23. The van der Waals surface area contributed by atoms with Gasteiger partial charge in [-0.15, -0.1) is 0 Å². The Balaban J connectivity index is 1.74. The molecule has 4 aliphatic carbocycles. The summed E-state index contributed by atoms with van der Waals surface area (Å²) >= 11 is 0. The van der Waals surface area contributed by atoms with Crippen molar-refractivity contribution in [1.82, 2.24) is 0 Å². The van der Waals surface area contributed by atoms with E-state index in [9.17, 15) is 17.2 Å². The van der Waals surface area contributed by atoms with Crippen LogP contribution in [-0.4, -0.2) is 20.3 Å². The third-order valence-corrected chi connectivity index (χ3v) is 6.99. The van der Waals surface area contributed by atoms with Crippen molar-refractivity contribution < 1.29 is 21.4 Å². The Kier molecular flexibility index (Phi) is 4.08. The minimum Gasteiger partial charge on any atom is -0.265 e. The van der Waals surface area contributed by atoms with Crippen molar-refractivity contribution in [3.05, 3.63) is 0 Å². The minimum atomic E-state index is -4.83. The highest BCUT2D eigenvalue weighted by atomic mass is 32.2. The van der Waals surface area contributed by atoms with Crippen molar-refractivity contribution in [1.29, 1.82) is 0 Å². The zero-order valence-electron chi connectivity index (χ0n) is 13.4. The van der Waals surface area contributed by atoms with Crippen LogP contribution in [0.3, 0.4) is 0 Å². The second kappa shape index (κ2) is 5.40. The molecule has 0 aromatic carbocycles. The maximum absolute atomic E-state index is 14.4. The van der Waals surface area contributed by atoms with Gasteiger partial charge in [-0.05, 0) is 67.6 Å². The largest absolute Gasteiger partial charge is 0.370 e. The molecule has 0 N–H and O–H groups in total. The Morgan fingerprint density at radius 1 is 1.09 bits per heavy atom. The summed E-state index contributed by atoms with van der Waals surface area (Å²) in [4.78, 5) is 0. The number of hydrogen-bond donors (Lipinski definition) is 0. The predicted molar refractivity (Wildman–Crippen MR) is 79.9 cm³/mol. The van der Waals surface area contributed by atoms with Crippen LogP contribution >= 0.6 is 0 Å². The third kappa shape index (κ3) is 3.05. The second-order valence-corrected chi connectivity index (χ2v) is 10.1. The first kappa shape index (κ1) is 16.6. The van der Waals surface area contributed by atoms with Gasteiger partial charge in [-0.3, -0.25) is 4.18 Å². The van der Waals surface area contributed by atoms with Crippen molar-refractivity contribution in [2.24, 2.45) is 29.1 Å². The molecule has 0 amide bonds. The van der Waals surface area contributed by atoms with Gasteiger partial charge in [0.25, 0.3) is 0 Å².